The van der Waals surface area contributed by atoms with Gasteiger partial charge in [-0.3, -0.25) is 19.2 Å². The number of carbonyl (C=O) groups is 6. The van der Waals surface area contributed by atoms with E-state index in [4.69, 9.17) is 14.6 Å². The molecule has 6 rings (SSSR count). The number of carbonyl (C=O) groups excluding carboxylic acids is 5. The van der Waals surface area contributed by atoms with Crippen LogP contribution in [0.25, 0.3) is 0 Å². The number of halogens is 12. The fraction of sp³-hybridized carbons (Fsp3) is 0.617. The first-order valence-corrected chi connectivity index (χ1v) is 22.7. The minimum absolute atomic E-state index is 0. The number of amides is 5. The molecule has 5 amide bonds. The number of carboxylic acid groups (broad SMARTS) is 1. The van der Waals surface area contributed by atoms with Gasteiger partial charge in [-0.15, -0.1) is 0 Å². The average molecular weight is 1080 g/mol. The first-order chi connectivity index (χ1) is 33.5. The van der Waals surface area contributed by atoms with Gasteiger partial charge < -0.3 is 45.2 Å². The Balaban J connectivity index is 0.000000323. The molecule has 2 aromatic carbocycles. The number of rotatable bonds is 10. The SMILES string of the molecule is C.CC(C)(C)OC(=O)N[C@@H](CC(=O)N1CC[C@H]2CN(C(=O)C(F)(F)F)C[C@H]21)Cc1cc(F)c(F)cc1F.CC(C)(C)OC(=O)N[C@@H](CC(=O)O)Cc1cc(F)c(F)cc1F.O=C(N1C[C@@H]2CCN[C@@H]2C1)C(F)(F)F. The molecule has 0 aliphatic carbocycles. The summed E-state index contributed by atoms with van der Waals surface area (Å²) in [6.45, 7) is 10.8. The lowest BCUT2D eigenvalue weighted by Gasteiger charge is -2.28. The quantitative estimate of drug-likeness (QED) is 0.137. The molecule has 4 aliphatic heterocycles. The van der Waals surface area contributed by atoms with Crippen molar-refractivity contribution in [1.29, 1.82) is 0 Å². The van der Waals surface area contributed by atoms with Gasteiger partial charge in [0, 0.05) is 75.3 Å². The van der Waals surface area contributed by atoms with E-state index >= 15 is 0 Å². The van der Waals surface area contributed by atoms with Crippen molar-refractivity contribution in [3.8, 4) is 0 Å². The summed E-state index contributed by atoms with van der Waals surface area (Å²) in [4.78, 5) is 73.4. The average Bonchev–Trinajstić information content (AvgIpc) is 4.02. The van der Waals surface area contributed by atoms with Crippen molar-refractivity contribution >= 4 is 35.9 Å². The molecule has 4 saturated heterocycles. The summed E-state index contributed by atoms with van der Waals surface area (Å²) >= 11 is 0. The Hall–Kier alpha value is -6.02. The summed E-state index contributed by atoms with van der Waals surface area (Å²) in [7, 11) is 0. The molecule has 6 atom stereocenters. The molecule has 0 unspecified atom stereocenters. The van der Waals surface area contributed by atoms with E-state index in [0.29, 0.717) is 35.6 Å². The van der Waals surface area contributed by atoms with Crippen molar-refractivity contribution in [2.24, 2.45) is 11.8 Å². The second kappa shape index (κ2) is 25.0. The van der Waals surface area contributed by atoms with Gasteiger partial charge >= 0.3 is 42.3 Å². The van der Waals surface area contributed by atoms with E-state index < -0.39 is 125 Å². The number of ether oxygens (including phenoxy) is 2. The van der Waals surface area contributed by atoms with Gasteiger partial charge in [0.15, 0.2) is 23.3 Å². The molecule has 0 aromatic heterocycles. The largest absolute Gasteiger partial charge is 0.481 e. The molecule has 15 nitrogen and oxygen atoms in total. The minimum Gasteiger partial charge on any atom is -0.481 e. The standard InChI is InChI=1S/C23H27F6N3O4.C15H18F3NO4.C8H11F3N2O.CH4/c1-22(2,3)36-21(35)30-14(6-13-7-16(25)17(26)9-15(13)24)8-19(33)32-5-4-12-10-31(11-18(12)32)20(34)23(27,28)29;1-15(2,3)23-14(22)19-9(6-13(20)21)4-8-5-11(17)12(18)7-10(8)16;9-8(10,11)7(14)13-3-5-1-2-12-6(5)4-13;/h7,9,12,14,18H,4-6,8,10-11H2,1-3H3,(H,30,35);5,7,9H,4,6H2,1-3H3,(H,19,22)(H,20,21);5-6,12H,1-4H2;1H4/t12-,14+,18+;9-;5-,6+;/m010./s1. The molecule has 74 heavy (non-hydrogen) atoms. The normalized spacial score (nSPS) is 20.1. The van der Waals surface area contributed by atoms with E-state index in [1.807, 2.05) is 0 Å². The predicted molar refractivity (Wildman–Crippen MR) is 239 cm³/mol. The smallest absolute Gasteiger partial charge is 0.471 e. The number of benzene rings is 2. The fourth-order valence-corrected chi connectivity index (χ4v) is 8.62. The van der Waals surface area contributed by atoms with Crippen LogP contribution in [0.1, 0.15) is 85.8 Å². The highest BCUT2D eigenvalue weighted by molar-refractivity contribution is 5.83. The van der Waals surface area contributed by atoms with Crippen molar-refractivity contribution < 1.29 is 96.0 Å². The number of alkyl carbamates (subject to hydrolysis) is 2. The topological polar surface area (TPSA) is 187 Å². The van der Waals surface area contributed by atoms with E-state index in [0.717, 1.165) is 17.9 Å². The summed E-state index contributed by atoms with van der Waals surface area (Å²) in [5.41, 5.74) is -2.23. The van der Waals surface area contributed by atoms with E-state index in [9.17, 15) is 81.5 Å². The van der Waals surface area contributed by atoms with Crippen LogP contribution in [0.2, 0.25) is 0 Å². The van der Waals surface area contributed by atoms with Crippen LogP contribution in [0.5, 0.6) is 0 Å². The Kier molecular flexibility index (Phi) is 21.0. The highest BCUT2D eigenvalue weighted by Gasteiger charge is 2.51. The molecular weight excluding hydrogens is 1020 g/mol. The number of carboxylic acids is 1. The van der Waals surface area contributed by atoms with Crippen LogP contribution in [0.3, 0.4) is 0 Å². The van der Waals surface area contributed by atoms with Crippen LogP contribution in [-0.4, -0.2) is 143 Å². The number of hydrogen-bond donors (Lipinski definition) is 4. The Morgan fingerprint density at radius 3 is 1.46 bits per heavy atom. The van der Waals surface area contributed by atoms with Crippen LogP contribution < -0.4 is 16.0 Å². The third-order valence-electron chi connectivity index (χ3n) is 11.7. The maximum absolute atomic E-state index is 14.3. The van der Waals surface area contributed by atoms with Crippen molar-refractivity contribution in [2.45, 2.75) is 135 Å². The lowest BCUT2D eigenvalue weighted by Crippen LogP contribution is -2.47. The third-order valence-corrected chi connectivity index (χ3v) is 11.7. The number of fused-ring (bicyclic) bond motifs is 2. The molecule has 4 fully saturated rings. The zero-order valence-corrected chi connectivity index (χ0v) is 40.3. The zero-order valence-electron chi connectivity index (χ0n) is 40.3. The van der Waals surface area contributed by atoms with Gasteiger partial charge in [0.25, 0.3) is 0 Å². The lowest BCUT2D eigenvalue weighted by molar-refractivity contribution is -0.184. The number of nitrogens with one attached hydrogen (secondary N) is 3. The summed E-state index contributed by atoms with van der Waals surface area (Å²) in [6.07, 6.45) is -11.9. The summed E-state index contributed by atoms with van der Waals surface area (Å²) in [5.74, 6) is -13.0. The summed E-state index contributed by atoms with van der Waals surface area (Å²) in [5, 5.41) is 16.7. The van der Waals surface area contributed by atoms with E-state index in [1.54, 1.807) is 41.5 Å². The zero-order chi connectivity index (χ0) is 55.1. The first-order valence-electron chi connectivity index (χ1n) is 22.7. The maximum atomic E-state index is 14.3. The van der Waals surface area contributed by atoms with Crippen LogP contribution in [-0.2, 0) is 41.5 Å². The summed E-state index contributed by atoms with van der Waals surface area (Å²) in [6, 6.07) is -0.712. The van der Waals surface area contributed by atoms with Crippen molar-refractivity contribution in [1.82, 2.24) is 30.7 Å². The minimum atomic E-state index is -5.02. The van der Waals surface area contributed by atoms with Gasteiger partial charge in [-0.05, 0) is 103 Å². The Bertz CT molecular complexity index is 2330. The Morgan fingerprint density at radius 1 is 0.622 bits per heavy atom. The third kappa shape index (κ3) is 18.4. The molecule has 4 heterocycles. The molecule has 0 spiro atoms. The second-order valence-electron chi connectivity index (χ2n) is 19.8. The van der Waals surface area contributed by atoms with E-state index in [1.165, 1.54) is 4.90 Å². The van der Waals surface area contributed by atoms with E-state index in [2.05, 4.69) is 16.0 Å². The summed E-state index contributed by atoms with van der Waals surface area (Å²) < 4.78 is 166. The lowest BCUT2D eigenvalue weighted by atomic mass is 10.0. The van der Waals surface area contributed by atoms with Gasteiger partial charge in [0.1, 0.15) is 22.8 Å². The molecule has 4 aliphatic rings. The van der Waals surface area contributed by atoms with E-state index in [-0.39, 0.29) is 82.0 Å². The van der Waals surface area contributed by atoms with Gasteiger partial charge in [0.05, 0.1) is 12.5 Å². The number of nitrogens with zero attached hydrogens (tertiary/aromatic N) is 3. The molecule has 0 bridgehead atoms. The van der Waals surface area contributed by atoms with Crippen LogP contribution >= 0.6 is 0 Å². The van der Waals surface area contributed by atoms with Gasteiger partial charge in [-0.25, -0.2) is 35.9 Å². The molecule has 416 valence electrons. The molecule has 27 heteroatoms. The number of hydrogen-bond acceptors (Lipinski definition) is 9. The van der Waals surface area contributed by atoms with Crippen LogP contribution in [0.4, 0.5) is 62.3 Å². The Morgan fingerprint density at radius 2 is 1.04 bits per heavy atom. The Labute approximate surface area is 418 Å². The highest BCUT2D eigenvalue weighted by Crippen LogP contribution is 2.35. The van der Waals surface area contributed by atoms with Crippen molar-refractivity contribution in [2.75, 3.05) is 39.3 Å². The second-order valence-corrected chi connectivity index (χ2v) is 19.8. The fourth-order valence-electron chi connectivity index (χ4n) is 8.62. The molecular formula is C47H60F12N6O9. The van der Waals surface area contributed by atoms with Crippen LogP contribution in [0.15, 0.2) is 24.3 Å². The molecule has 0 radical (unpaired) electrons. The molecule has 4 N–H and O–H groups in total. The van der Waals surface area contributed by atoms with Crippen LogP contribution in [0, 0.1) is 46.7 Å². The first kappa shape index (κ1) is 62.3. The van der Waals surface area contributed by atoms with Gasteiger partial charge in [-0.2, -0.15) is 26.3 Å². The van der Waals surface area contributed by atoms with Gasteiger partial charge in [0.2, 0.25) is 5.91 Å². The number of alkyl halides is 6. The van der Waals surface area contributed by atoms with Crippen molar-refractivity contribution in [3.63, 3.8) is 0 Å². The van der Waals surface area contributed by atoms with Crippen molar-refractivity contribution in [3.05, 3.63) is 70.3 Å². The molecule has 0 saturated carbocycles. The number of aliphatic carboxylic acids is 1. The molecule has 2 aromatic rings. The maximum Gasteiger partial charge on any atom is 0.471 e. The highest BCUT2D eigenvalue weighted by atomic mass is 19.4. The predicted octanol–water partition coefficient (Wildman–Crippen LogP) is 7.57. The van der Waals surface area contributed by atoms with Gasteiger partial charge in [-0.1, -0.05) is 7.43 Å². The monoisotopic (exact) mass is 1080 g/mol. The number of likely N-dealkylation sites (tertiary alicyclic amines) is 3.